The van der Waals surface area contributed by atoms with Crippen LogP contribution in [-0.4, -0.2) is 47.2 Å². The first kappa shape index (κ1) is 22.3. The lowest BCUT2D eigenvalue weighted by atomic mass is 9.98. The van der Waals surface area contributed by atoms with Crippen LogP contribution >= 0.6 is 0 Å². The Morgan fingerprint density at radius 2 is 1.69 bits per heavy atom. The molecule has 1 amide bonds. The third-order valence-electron chi connectivity index (χ3n) is 4.83. The van der Waals surface area contributed by atoms with E-state index in [2.05, 4.69) is 4.98 Å². The third-order valence-corrected chi connectivity index (χ3v) is 4.83. The quantitative estimate of drug-likeness (QED) is 0.562. The minimum atomic E-state index is -0.770. The minimum absolute atomic E-state index is 0.119. The van der Waals surface area contributed by atoms with Gasteiger partial charge in [0.05, 0.1) is 13.2 Å². The second kappa shape index (κ2) is 9.03. The molecule has 2 aromatic rings. The molecule has 1 aromatic carbocycles. The summed E-state index contributed by atoms with van der Waals surface area (Å²) in [4.78, 5) is 42.7. The first-order chi connectivity index (χ1) is 13.6. The number of ketones is 1. The molecule has 0 aliphatic carbocycles. The lowest BCUT2D eigenvalue weighted by Crippen LogP contribution is -2.45. The summed E-state index contributed by atoms with van der Waals surface area (Å²) >= 11 is 0. The number of aromatic nitrogens is 1. The van der Waals surface area contributed by atoms with Crippen molar-refractivity contribution in [3.05, 3.63) is 58.2 Å². The molecular formula is C22H27FN2O4. The lowest BCUT2D eigenvalue weighted by Gasteiger charge is -2.30. The van der Waals surface area contributed by atoms with Crippen LogP contribution in [0.2, 0.25) is 0 Å². The van der Waals surface area contributed by atoms with Crippen molar-refractivity contribution in [1.82, 2.24) is 9.88 Å². The number of aromatic amines is 1. The molecule has 1 atom stereocenters. The molecule has 7 heteroatoms. The van der Waals surface area contributed by atoms with E-state index in [1.807, 2.05) is 13.8 Å². The number of esters is 1. The number of carbonyl (C=O) groups excluding carboxylic acids is 3. The number of aryl methyl sites for hydroxylation is 1. The van der Waals surface area contributed by atoms with E-state index in [1.165, 1.54) is 36.3 Å². The number of hydrogen-bond acceptors (Lipinski definition) is 4. The number of Topliss-reactive ketones (excluding diaryl/α,β-unsaturated/α-hetero) is 1. The van der Waals surface area contributed by atoms with Gasteiger partial charge in [0.2, 0.25) is 0 Å². The van der Waals surface area contributed by atoms with Gasteiger partial charge >= 0.3 is 5.97 Å². The number of hydrogen-bond donors (Lipinski definition) is 1. The maximum Gasteiger partial charge on any atom is 0.354 e. The zero-order valence-corrected chi connectivity index (χ0v) is 17.6. The van der Waals surface area contributed by atoms with Crippen LogP contribution in [0.1, 0.15) is 63.2 Å². The van der Waals surface area contributed by atoms with Crippen LogP contribution in [-0.2, 0) is 4.74 Å². The number of methoxy groups -OCH3 is 1. The van der Waals surface area contributed by atoms with Crippen molar-refractivity contribution in [3.8, 4) is 0 Å². The molecule has 29 heavy (non-hydrogen) atoms. The van der Waals surface area contributed by atoms with Gasteiger partial charge in [0.15, 0.2) is 5.78 Å². The number of halogens is 1. The van der Waals surface area contributed by atoms with Crippen molar-refractivity contribution in [2.45, 2.75) is 40.7 Å². The molecule has 0 bridgehead atoms. The predicted octanol–water partition coefficient (Wildman–Crippen LogP) is 3.93. The molecule has 156 valence electrons. The third kappa shape index (κ3) is 4.72. The fourth-order valence-electron chi connectivity index (χ4n) is 3.34. The summed E-state index contributed by atoms with van der Waals surface area (Å²) in [5.41, 5.74) is 1.94. The smallest absolute Gasteiger partial charge is 0.354 e. The van der Waals surface area contributed by atoms with Crippen LogP contribution in [0.15, 0.2) is 24.3 Å². The van der Waals surface area contributed by atoms with E-state index in [-0.39, 0.29) is 23.3 Å². The Labute approximate surface area is 170 Å². The van der Waals surface area contributed by atoms with Crippen molar-refractivity contribution in [3.63, 3.8) is 0 Å². The Hall–Kier alpha value is -2.96. The molecule has 0 unspecified atom stereocenters. The molecule has 0 radical (unpaired) electrons. The van der Waals surface area contributed by atoms with Crippen molar-refractivity contribution in [2.24, 2.45) is 5.92 Å². The zero-order chi connectivity index (χ0) is 21.9. The highest BCUT2D eigenvalue weighted by molar-refractivity contribution is 6.07. The van der Waals surface area contributed by atoms with Crippen LogP contribution in [0.25, 0.3) is 0 Å². The molecule has 1 aromatic heterocycles. The lowest BCUT2D eigenvalue weighted by molar-refractivity contribution is 0.0591. The normalized spacial score (nSPS) is 12.0. The van der Waals surface area contributed by atoms with Crippen molar-refractivity contribution < 1.29 is 23.5 Å². The van der Waals surface area contributed by atoms with Gasteiger partial charge in [0.25, 0.3) is 5.91 Å². The van der Waals surface area contributed by atoms with Gasteiger partial charge in [-0.05, 0) is 56.5 Å². The molecule has 0 aliphatic rings. The van der Waals surface area contributed by atoms with Gasteiger partial charge in [-0.15, -0.1) is 0 Å². The molecule has 0 saturated carbocycles. The fraction of sp³-hybridized carbons (Fsp3) is 0.409. The van der Waals surface area contributed by atoms with Gasteiger partial charge in [0.1, 0.15) is 11.5 Å². The zero-order valence-electron chi connectivity index (χ0n) is 17.6. The number of nitrogens with one attached hydrogen (secondary N) is 1. The van der Waals surface area contributed by atoms with E-state index < -0.39 is 17.8 Å². The molecule has 2 rings (SSSR count). The molecule has 0 aliphatic heterocycles. The maximum atomic E-state index is 13.3. The Bertz CT molecular complexity index is 916. The Morgan fingerprint density at radius 3 is 2.21 bits per heavy atom. The van der Waals surface area contributed by atoms with Crippen LogP contribution < -0.4 is 0 Å². The van der Waals surface area contributed by atoms with Gasteiger partial charge in [-0.25, -0.2) is 9.18 Å². The van der Waals surface area contributed by atoms with E-state index in [1.54, 1.807) is 20.8 Å². The van der Waals surface area contributed by atoms with E-state index in [0.29, 0.717) is 28.9 Å². The van der Waals surface area contributed by atoms with Crippen LogP contribution in [0.3, 0.4) is 0 Å². The van der Waals surface area contributed by atoms with Crippen LogP contribution in [0.5, 0.6) is 0 Å². The number of H-pyrrole nitrogens is 1. The second-order valence-electron chi connectivity index (χ2n) is 7.52. The number of carbonyl (C=O) groups is 3. The predicted molar refractivity (Wildman–Crippen MR) is 108 cm³/mol. The molecular weight excluding hydrogens is 375 g/mol. The van der Waals surface area contributed by atoms with Crippen molar-refractivity contribution >= 4 is 17.7 Å². The van der Waals surface area contributed by atoms with E-state index in [9.17, 15) is 18.8 Å². The summed E-state index contributed by atoms with van der Waals surface area (Å²) in [6.07, 6.45) is 0. The summed E-state index contributed by atoms with van der Waals surface area (Å²) in [6.45, 7) is 9.29. The van der Waals surface area contributed by atoms with Gasteiger partial charge < -0.3 is 14.6 Å². The average molecular weight is 402 g/mol. The van der Waals surface area contributed by atoms with Gasteiger partial charge in [0, 0.05) is 23.4 Å². The highest BCUT2D eigenvalue weighted by Gasteiger charge is 2.32. The Morgan fingerprint density at radius 1 is 1.10 bits per heavy atom. The highest BCUT2D eigenvalue weighted by Crippen LogP contribution is 2.23. The van der Waals surface area contributed by atoms with Gasteiger partial charge in [-0.1, -0.05) is 13.8 Å². The summed E-state index contributed by atoms with van der Waals surface area (Å²) in [5.74, 6) is -1.50. The highest BCUT2D eigenvalue weighted by atomic mass is 19.1. The van der Waals surface area contributed by atoms with Crippen LogP contribution in [0.4, 0.5) is 4.39 Å². The fourth-order valence-corrected chi connectivity index (χ4v) is 3.34. The van der Waals surface area contributed by atoms with Crippen LogP contribution in [0, 0.1) is 25.6 Å². The van der Waals surface area contributed by atoms with E-state index in [0.717, 1.165) is 0 Å². The molecule has 0 spiro atoms. The average Bonchev–Trinajstić information content (AvgIpc) is 2.98. The SMILES string of the molecule is COC(=O)c1[nH]c(C)c(C(=O)[C@H](C)N(CC(C)C)C(=O)c2ccc(F)cc2)c1C. The van der Waals surface area contributed by atoms with Gasteiger partial charge in [-0.2, -0.15) is 0 Å². The summed E-state index contributed by atoms with van der Waals surface area (Å²) < 4.78 is 18.0. The number of ether oxygens (including phenoxy) is 1. The number of amides is 1. The maximum absolute atomic E-state index is 13.3. The number of benzene rings is 1. The Balaban J connectivity index is 2.41. The topological polar surface area (TPSA) is 79.5 Å². The monoisotopic (exact) mass is 402 g/mol. The molecule has 0 fully saturated rings. The number of rotatable bonds is 7. The number of nitrogens with zero attached hydrogens (tertiary/aromatic N) is 1. The van der Waals surface area contributed by atoms with E-state index >= 15 is 0 Å². The molecule has 1 heterocycles. The Kier molecular flexibility index (Phi) is 6.95. The summed E-state index contributed by atoms with van der Waals surface area (Å²) in [5, 5.41) is 0. The molecule has 6 nitrogen and oxygen atoms in total. The first-order valence-corrected chi connectivity index (χ1v) is 9.46. The largest absolute Gasteiger partial charge is 0.464 e. The minimum Gasteiger partial charge on any atom is -0.464 e. The molecule has 1 N–H and O–H groups in total. The first-order valence-electron chi connectivity index (χ1n) is 9.46. The summed E-state index contributed by atoms with van der Waals surface area (Å²) in [7, 11) is 1.27. The van der Waals surface area contributed by atoms with E-state index in [4.69, 9.17) is 4.74 Å². The summed E-state index contributed by atoms with van der Waals surface area (Å²) in [6, 6.07) is 4.48. The molecule has 0 saturated heterocycles. The van der Waals surface area contributed by atoms with Crippen molar-refractivity contribution in [2.75, 3.05) is 13.7 Å². The van der Waals surface area contributed by atoms with Crippen molar-refractivity contribution in [1.29, 1.82) is 0 Å². The standard InChI is InChI=1S/C22H27FN2O4/c1-12(2)11-25(21(27)16-7-9-17(23)10-8-16)15(5)20(26)18-13(3)19(22(28)29-6)24-14(18)4/h7-10,12,15,24H,11H2,1-6H3/t15-/m0/s1. The van der Waals surface area contributed by atoms with Gasteiger partial charge in [-0.3, -0.25) is 9.59 Å². The second-order valence-corrected chi connectivity index (χ2v) is 7.52.